The predicted molar refractivity (Wildman–Crippen MR) is 137 cm³/mol. The van der Waals surface area contributed by atoms with E-state index in [1.807, 2.05) is 24.3 Å². The fourth-order valence-electron chi connectivity index (χ4n) is 6.33. The van der Waals surface area contributed by atoms with Crippen molar-refractivity contribution in [1.82, 2.24) is 5.32 Å². The fraction of sp³-hybridized carbons (Fsp3) is 0.536. The maximum absolute atomic E-state index is 14.2. The van der Waals surface area contributed by atoms with Crippen LogP contribution in [0.1, 0.15) is 75.3 Å². The van der Waals surface area contributed by atoms with Crippen LogP contribution >= 0.6 is 11.6 Å². The summed E-state index contributed by atoms with van der Waals surface area (Å²) in [6.07, 6.45) is 11.6. The number of halogens is 1. The van der Waals surface area contributed by atoms with Crippen molar-refractivity contribution in [3.05, 3.63) is 58.6 Å². The van der Waals surface area contributed by atoms with Crippen molar-refractivity contribution in [2.75, 3.05) is 10.6 Å². The topological polar surface area (TPSA) is 53.2 Å². The monoisotopic (exact) mass is 465 g/mol. The van der Waals surface area contributed by atoms with Crippen molar-refractivity contribution in [3.63, 3.8) is 0 Å². The molecular formula is C28H36ClN3O. The normalized spacial score (nSPS) is 21.5. The summed E-state index contributed by atoms with van der Waals surface area (Å²) in [4.78, 5) is 14.2. The molecule has 0 bridgehead atoms. The van der Waals surface area contributed by atoms with Crippen molar-refractivity contribution in [3.8, 4) is 0 Å². The Hall–Kier alpha value is -2.20. The molecule has 1 atom stereocenters. The van der Waals surface area contributed by atoms with Crippen molar-refractivity contribution in [2.45, 2.75) is 82.8 Å². The maximum Gasteiger partial charge on any atom is 0.228 e. The van der Waals surface area contributed by atoms with Gasteiger partial charge in [0.1, 0.15) is 5.66 Å². The number of hydrogen-bond donors (Lipinski definition) is 3. The molecule has 3 aliphatic rings. The number of anilines is 2. The molecule has 2 fully saturated rings. The van der Waals surface area contributed by atoms with E-state index in [1.54, 1.807) is 0 Å². The molecule has 3 N–H and O–H groups in total. The summed E-state index contributed by atoms with van der Waals surface area (Å²) in [6, 6.07) is 14.7. The highest BCUT2D eigenvalue weighted by atomic mass is 35.5. The van der Waals surface area contributed by atoms with Crippen molar-refractivity contribution in [2.24, 2.45) is 11.8 Å². The number of fused-ring (bicyclic) bond motifs is 1. The summed E-state index contributed by atoms with van der Waals surface area (Å²) in [6.45, 7) is 2.09. The van der Waals surface area contributed by atoms with Gasteiger partial charge in [-0.25, -0.2) is 0 Å². The zero-order valence-corrected chi connectivity index (χ0v) is 20.4. The Kier molecular flexibility index (Phi) is 6.56. The number of nitrogens with one attached hydrogen (secondary N) is 3. The molecule has 176 valence electrons. The highest BCUT2D eigenvalue weighted by Gasteiger charge is 2.52. The lowest BCUT2D eigenvalue weighted by molar-refractivity contribution is -0.130. The zero-order chi connectivity index (χ0) is 22.8. The molecule has 1 aliphatic heterocycles. The van der Waals surface area contributed by atoms with Crippen molar-refractivity contribution >= 4 is 28.9 Å². The average Bonchev–Trinajstić information content (AvgIpc) is 3.22. The predicted octanol–water partition coefficient (Wildman–Crippen LogP) is 6.98. The van der Waals surface area contributed by atoms with Gasteiger partial charge in [-0.15, -0.1) is 0 Å². The molecule has 1 unspecified atom stereocenters. The number of amides is 1. The molecule has 33 heavy (non-hydrogen) atoms. The van der Waals surface area contributed by atoms with Gasteiger partial charge in [-0.2, -0.15) is 0 Å². The summed E-state index contributed by atoms with van der Waals surface area (Å²) >= 11 is 6.88. The zero-order valence-electron chi connectivity index (χ0n) is 19.6. The Bertz CT molecular complexity index is 969. The van der Waals surface area contributed by atoms with Gasteiger partial charge in [0.05, 0.1) is 17.3 Å². The Balaban J connectivity index is 1.60. The van der Waals surface area contributed by atoms with Crippen LogP contribution in [0.3, 0.4) is 0 Å². The van der Waals surface area contributed by atoms with Gasteiger partial charge in [0.2, 0.25) is 5.91 Å². The number of hydrogen-bond acceptors (Lipinski definition) is 3. The van der Waals surface area contributed by atoms with Gasteiger partial charge in [-0.05, 0) is 56.7 Å². The number of carbonyl (C=O) groups is 1. The van der Waals surface area contributed by atoms with E-state index in [0.717, 1.165) is 48.2 Å². The van der Waals surface area contributed by atoms with Gasteiger partial charge in [0.15, 0.2) is 0 Å². The van der Waals surface area contributed by atoms with E-state index < -0.39 is 5.66 Å². The third-order valence-electron chi connectivity index (χ3n) is 7.96. The van der Waals surface area contributed by atoms with Crippen LogP contribution in [0.5, 0.6) is 0 Å². The van der Waals surface area contributed by atoms with E-state index in [0.29, 0.717) is 10.9 Å². The molecule has 1 amide bonds. The molecule has 4 nitrogen and oxygen atoms in total. The van der Waals surface area contributed by atoms with Gasteiger partial charge >= 0.3 is 0 Å². The summed E-state index contributed by atoms with van der Waals surface area (Å²) in [5.74, 6) is 0.207. The van der Waals surface area contributed by atoms with Crippen molar-refractivity contribution in [1.29, 1.82) is 0 Å². The van der Waals surface area contributed by atoms with Crippen LogP contribution in [0.15, 0.2) is 42.5 Å². The second-order valence-electron chi connectivity index (χ2n) is 10.3. The fourth-order valence-corrected chi connectivity index (χ4v) is 6.59. The smallest absolute Gasteiger partial charge is 0.228 e. The van der Waals surface area contributed by atoms with Crippen LogP contribution < -0.4 is 16.0 Å². The van der Waals surface area contributed by atoms with Crippen LogP contribution in [0, 0.1) is 18.8 Å². The summed E-state index contributed by atoms with van der Waals surface area (Å²) in [7, 11) is 0. The van der Waals surface area contributed by atoms with Gasteiger partial charge in [-0.3, -0.25) is 4.79 Å². The molecule has 2 aliphatic carbocycles. The van der Waals surface area contributed by atoms with E-state index in [-0.39, 0.29) is 17.9 Å². The Labute approximate surface area is 202 Å². The molecular weight excluding hydrogens is 430 g/mol. The van der Waals surface area contributed by atoms with E-state index in [4.69, 9.17) is 11.6 Å². The summed E-state index contributed by atoms with van der Waals surface area (Å²) in [5, 5.41) is 11.8. The maximum atomic E-state index is 14.2. The number of carbonyl (C=O) groups excluding carboxylic acids is 1. The first-order chi connectivity index (χ1) is 16.1. The lowest BCUT2D eigenvalue weighted by Gasteiger charge is -2.44. The molecule has 2 aromatic carbocycles. The quantitative estimate of drug-likeness (QED) is 0.446. The molecule has 1 heterocycles. The molecule has 0 saturated heterocycles. The van der Waals surface area contributed by atoms with Crippen LogP contribution in [-0.4, -0.2) is 11.9 Å². The van der Waals surface area contributed by atoms with Gasteiger partial charge in [-0.1, -0.05) is 80.0 Å². The van der Waals surface area contributed by atoms with Crippen molar-refractivity contribution < 1.29 is 4.79 Å². The molecule has 0 spiro atoms. The first-order valence-corrected chi connectivity index (χ1v) is 13.2. The largest absolute Gasteiger partial charge is 0.357 e. The molecule has 2 saturated carbocycles. The van der Waals surface area contributed by atoms with E-state index in [9.17, 15) is 4.79 Å². The van der Waals surface area contributed by atoms with E-state index in [1.165, 1.54) is 38.5 Å². The Morgan fingerprint density at radius 3 is 2.18 bits per heavy atom. The third kappa shape index (κ3) is 4.47. The molecule has 2 aromatic rings. The lowest BCUT2D eigenvalue weighted by atomic mass is 9.70. The van der Waals surface area contributed by atoms with E-state index in [2.05, 4.69) is 41.1 Å². The standard InChI is InChI=1S/C28H36ClN3O/c1-19-16-17-23(29)22(18-19)28(31-24-14-8-9-15-25(24)32-28)26(20-10-4-2-5-11-20)27(33)30-21-12-6-3-7-13-21/h8-9,14-18,20-21,26,31-32H,2-7,10-13H2,1H3,(H,30,33). The molecule has 5 rings (SSSR count). The minimum atomic E-state index is -0.770. The minimum Gasteiger partial charge on any atom is -0.357 e. The van der Waals surface area contributed by atoms with E-state index >= 15 is 0 Å². The molecule has 0 radical (unpaired) electrons. The van der Waals surface area contributed by atoms with Crippen LogP contribution in [0.4, 0.5) is 11.4 Å². The summed E-state index contributed by atoms with van der Waals surface area (Å²) < 4.78 is 0. The Morgan fingerprint density at radius 2 is 1.55 bits per heavy atom. The van der Waals surface area contributed by atoms with Gasteiger partial charge < -0.3 is 16.0 Å². The van der Waals surface area contributed by atoms with Gasteiger partial charge in [0, 0.05) is 16.6 Å². The second kappa shape index (κ2) is 9.58. The van der Waals surface area contributed by atoms with Crippen LogP contribution in [-0.2, 0) is 10.5 Å². The second-order valence-corrected chi connectivity index (χ2v) is 10.7. The Morgan fingerprint density at radius 1 is 0.939 bits per heavy atom. The summed E-state index contributed by atoms with van der Waals surface area (Å²) in [5.41, 5.74) is 3.40. The number of rotatable bonds is 5. The number of aryl methyl sites for hydroxylation is 1. The van der Waals surface area contributed by atoms with Gasteiger partial charge in [0.25, 0.3) is 0 Å². The number of para-hydroxylation sites is 2. The first kappa shape index (κ1) is 22.6. The molecule has 5 heteroatoms. The third-order valence-corrected chi connectivity index (χ3v) is 8.29. The SMILES string of the molecule is Cc1ccc(Cl)c(C2(C(C(=O)NC3CCCCC3)C3CCCCC3)Nc3ccccc3N2)c1. The minimum absolute atomic E-state index is 0.166. The lowest BCUT2D eigenvalue weighted by Crippen LogP contribution is -2.57. The highest BCUT2D eigenvalue weighted by Crippen LogP contribution is 2.50. The highest BCUT2D eigenvalue weighted by molar-refractivity contribution is 6.31. The van der Waals surface area contributed by atoms with Crippen LogP contribution in [0.2, 0.25) is 5.02 Å². The van der Waals surface area contributed by atoms with Crippen LogP contribution in [0.25, 0.3) is 0 Å². The number of benzene rings is 2. The first-order valence-electron chi connectivity index (χ1n) is 12.8. The average molecular weight is 466 g/mol. The molecule has 0 aromatic heterocycles.